The first-order valence-corrected chi connectivity index (χ1v) is 6.18. The highest BCUT2D eigenvalue weighted by Gasteiger charge is 2.13. The van der Waals surface area contributed by atoms with Gasteiger partial charge in [0.1, 0.15) is 0 Å². The van der Waals surface area contributed by atoms with Crippen molar-refractivity contribution in [3.63, 3.8) is 0 Å². The minimum absolute atomic E-state index is 1.60. The molecule has 0 saturated heterocycles. The normalized spacial score (nSPS) is 21.2. The summed E-state index contributed by atoms with van der Waals surface area (Å²) in [5.41, 5.74) is 0. The second-order valence-electron chi connectivity index (χ2n) is 2.81. The average Bonchev–Trinajstić information content (AvgIpc) is 1.84. The molecule has 0 aliphatic rings. The lowest BCUT2D eigenvalue weighted by Crippen LogP contribution is -2.20. The fourth-order valence-electron chi connectivity index (χ4n) is 0.241. The first-order chi connectivity index (χ1) is 5.44. The molecule has 0 aromatic carbocycles. The number of hydrogen-bond acceptors (Lipinski definition) is 1. The van der Waals surface area contributed by atoms with Gasteiger partial charge in [-0.15, -0.1) is 0 Å². The Morgan fingerprint density at radius 2 is 2.11 bits per heavy atom. The van der Waals surface area contributed by atoms with E-state index in [9.17, 15) is 4.79 Å². The Morgan fingerprint density at radius 1 is 1.67 bits per heavy atom. The number of carboxylic acids is 1. The van der Waals surface area contributed by atoms with Gasteiger partial charge in [-0.2, -0.15) is 0 Å². The Hall–Kier alpha value is -0.313. The summed E-state index contributed by atoms with van der Waals surface area (Å²) in [6.07, 6.45) is -2.81. The quantitative estimate of drug-likeness (QED) is 0.623. The van der Waals surface area contributed by atoms with E-state index < -0.39 is 26.4 Å². The van der Waals surface area contributed by atoms with Crippen LogP contribution in [0, 0.1) is 0 Å². The monoisotopic (exact) mass is 150 g/mol. The Labute approximate surface area is 62.5 Å². The first-order valence-electron chi connectivity index (χ1n) is 4.68. The van der Waals surface area contributed by atoms with Crippen LogP contribution < -0.4 is 0 Å². The number of hydrogen-bond donors (Lipinski definition) is 1. The molecule has 2 nitrogen and oxygen atoms in total. The van der Waals surface area contributed by atoms with Crippen molar-refractivity contribution in [3.8, 4) is 0 Å². The van der Waals surface area contributed by atoms with Crippen LogP contribution in [0.5, 0.6) is 0 Å². The molecule has 0 aliphatic carbocycles. The molecule has 9 heavy (non-hydrogen) atoms. The second kappa shape index (κ2) is 3.01. The van der Waals surface area contributed by atoms with Crippen LogP contribution in [0.25, 0.3) is 0 Å². The fourth-order valence-corrected chi connectivity index (χ4v) is 0.723. The van der Waals surface area contributed by atoms with Crippen LogP contribution in [0.15, 0.2) is 0 Å². The number of carbonyl (C=O) groups is 1. The maximum Gasteiger partial charge on any atom is 0.303 e. The lowest BCUT2D eigenvalue weighted by atomic mass is 10.5. The molecule has 0 rings (SSSR count). The zero-order valence-corrected chi connectivity index (χ0v) is 6.86. The minimum Gasteiger partial charge on any atom is -0.481 e. The third-order valence-corrected chi connectivity index (χ3v) is 1.42. The highest BCUT2D eigenvalue weighted by atomic mass is 28.3. The fraction of sp³-hybridized carbons (Fsp3) is 0.833. The van der Waals surface area contributed by atoms with Gasteiger partial charge in [-0.3, -0.25) is 4.79 Å². The van der Waals surface area contributed by atoms with E-state index in [0.717, 1.165) is 0 Å². The molecule has 54 valence electrons. The van der Waals surface area contributed by atoms with E-state index in [1.807, 2.05) is 0 Å². The summed E-state index contributed by atoms with van der Waals surface area (Å²) in [6, 6.07) is 0. The zero-order valence-electron chi connectivity index (χ0n) is 9.86. The molecule has 1 N–H and O–H groups in total. The summed E-state index contributed by atoms with van der Waals surface area (Å²) in [5.74, 6) is -4.01. The number of aliphatic carboxylic acids is 1. The van der Waals surface area contributed by atoms with Gasteiger partial charge in [-0.1, -0.05) is 19.6 Å². The zero-order chi connectivity index (χ0) is 11.1. The standard InChI is InChI=1S/C6H14O2Si/c1-9(2,3)5-4-6(7)8/h4-5H2,1-3H3,(H,7,8)/i4D2,5D2. The second-order valence-corrected chi connectivity index (χ2v) is 7.56. The molecular weight excluding hydrogens is 132 g/mol. The molecule has 0 heterocycles. The van der Waals surface area contributed by atoms with Gasteiger partial charge in [-0.05, 0) is 6.00 Å². The molecule has 0 aromatic heterocycles. The van der Waals surface area contributed by atoms with Crippen LogP contribution in [-0.4, -0.2) is 19.1 Å². The van der Waals surface area contributed by atoms with Crippen molar-refractivity contribution >= 4 is 14.0 Å². The van der Waals surface area contributed by atoms with Gasteiger partial charge in [0.05, 0.1) is 0 Å². The molecule has 0 bridgehead atoms. The summed E-state index contributed by atoms with van der Waals surface area (Å²) in [6.45, 7) is 4.81. The molecular formula is C6H14O2Si. The van der Waals surface area contributed by atoms with Gasteiger partial charge in [-0.25, -0.2) is 0 Å². The smallest absolute Gasteiger partial charge is 0.303 e. The Bertz CT molecular complexity index is 221. The van der Waals surface area contributed by atoms with Crippen molar-refractivity contribution in [2.45, 2.75) is 32.0 Å². The van der Waals surface area contributed by atoms with Crippen LogP contribution in [0.2, 0.25) is 25.6 Å². The van der Waals surface area contributed by atoms with E-state index in [-0.39, 0.29) is 0 Å². The van der Waals surface area contributed by atoms with Crippen LogP contribution in [0.3, 0.4) is 0 Å². The van der Waals surface area contributed by atoms with Crippen LogP contribution in [-0.2, 0) is 4.79 Å². The van der Waals surface area contributed by atoms with Crippen molar-refractivity contribution in [3.05, 3.63) is 0 Å². The van der Waals surface area contributed by atoms with E-state index >= 15 is 0 Å². The van der Waals surface area contributed by atoms with Crippen LogP contribution >= 0.6 is 0 Å². The lowest BCUT2D eigenvalue weighted by Gasteiger charge is -2.12. The van der Waals surface area contributed by atoms with Crippen molar-refractivity contribution in [2.24, 2.45) is 0 Å². The van der Waals surface area contributed by atoms with Crippen molar-refractivity contribution in [1.82, 2.24) is 0 Å². The molecule has 0 aliphatic heterocycles. The SMILES string of the molecule is [2H]C([2H])(C(=O)O)C([2H])([2H])[Si](C)(C)C. The Morgan fingerprint density at radius 3 is 2.22 bits per heavy atom. The van der Waals surface area contributed by atoms with Gasteiger partial charge in [0.25, 0.3) is 0 Å². The van der Waals surface area contributed by atoms with Gasteiger partial charge < -0.3 is 5.11 Å². The topological polar surface area (TPSA) is 37.3 Å². The molecule has 0 aromatic rings. The summed E-state index contributed by atoms with van der Waals surface area (Å²) in [7, 11) is -2.51. The number of rotatable bonds is 3. The molecule has 0 atom stereocenters. The van der Waals surface area contributed by atoms with E-state index in [0.29, 0.717) is 0 Å². The molecule has 0 saturated carbocycles. The van der Waals surface area contributed by atoms with E-state index in [4.69, 9.17) is 10.6 Å². The van der Waals surface area contributed by atoms with Crippen molar-refractivity contribution in [1.29, 1.82) is 0 Å². The molecule has 0 unspecified atom stereocenters. The van der Waals surface area contributed by atoms with Gasteiger partial charge >= 0.3 is 5.97 Å². The van der Waals surface area contributed by atoms with Gasteiger partial charge in [0.2, 0.25) is 0 Å². The Kier molecular flexibility index (Phi) is 1.26. The number of carboxylic acid groups (broad SMARTS) is 1. The third-order valence-electron chi connectivity index (χ3n) is 0.544. The first kappa shape index (κ1) is 3.76. The van der Waals surface area contributed by atoms with E-state index in [1.165, 1.54) is 0 Å². The summed E-state index contributed by atoms with van der Waals surface area (Å²) < 4.78 is 29.3. The van der Waals surface area contributed by atoms with Gasteiger partial charge in [0, 0.05) is 19.9 Å². The minimum atomic E-state index is -2.81. The van der Waals surface area contributed by atoms with Crippen molar-refractivity contribution < 1.29 is 15.4 Å². The molecule has 0 radical (unpaired) electrons. The van der Waals surface area contributed by atoms with E-state index in [1.54, 1.807) is 19.6 Å². The lowest BCUT2D eigenvalue weighted by molar-refractivity contribution is -0.136. The highest BCUT2D eigenvalue weighted by Crippen LogP contribution is 2.10. The maximum atomic E-state index is 10.5. The summed E-state index contributed by atoms with van der Waals surface area (Å²) in [5, 5.41) is 8.55. The van der Waals surface area contributed by atoms with E-state index in [2.05, 4.69) is 0 Å². The maximum absolute atomic E-state index is 10.5. The average molecular weight is 150 g/mol. The van der Waals surface area contributed by atoms with Crippen LogP contribution in [0.1, 0.15) is 11.9 Å². The Balaban J connectivity index is 5.16. The predicted octanol–water partition coefficient (Wildman–Crippen LogP) is 1.80. The molecule has 3 heteroatoms. The van der Waals surface area contributed by atoms with Crippen molar-refractivity contribution in [2.75, 3.05) is 0 Å². The van der Waals surface area contributed by atoms with Crippen LogP contribution in [0.4, 0.5) is 0 Å². The molecule has 0 fully saturated rings. The summed E-state index contributed by atoms with van der Waals surface area (Å²) in [4.78, 5) is 10.5. The van der Waals surface area contributed by atoms with Gasteiger partial charge in [0.15, 0.2) is 0 Å². The molecule has 0 amide bonds. The summed E-state index contributed by atoms with van der Waals surface area (Å²) >= 11 is 0. The molecule has 0 spiro atoms. The largest absolute Gasteiger partial charge is 0.481 e. The third kappa shape index (κ3) is 7.69. The highest BCUT2D eigenvalue weighted by molar-refractivity contribution is 6.76. The predicted molar refractivity (Wildman–Crippen MR) is 40.4 cm³/mol.